The molecule has 4 aromatic carbocycles. The van der Waals surface area contributed by atoms with E-state index in [0.29, 0.717) is 10.6 Å². The molecule has 1 heterocycles. The van der Waals surface area contributed by atoms with Crippen LogP contribution in [0.1, 0.15) is 11.1 Å². The van der Waals surface area contributed by atoms with Gasteiger partial charge >= 0.3 is 0 Å². The Hall–Kier alpha value is -3.28. The van der Waals surface area contributed by atoms with Crippen molar-refractivity contribution >= 4 is 51.6 Å². The molecular formula is C24H17ClN4S. The monoisotopic (exact) mass is 428 g/mol. The van der Waals surface area contributed by atoms with Gasteiger partial charge in [0.2, 0.25) is 4.77 Å². The van der Waals surface area contributed by atoms with E-state index < -0.39 is 0 Å². The molecule has 0 atom stereocenters. The van der Waals surface area contributed by atoms with Crippen LogP contribution in [0.2, 0.25) is 5.02 Å². The lowest BCUT2D eigenvalue weighted by molar-refractivity contribution is 0.871. The molecule has 0 saturated heterocycles. The summed E-state index contributed by atoms with van der Waals surface area (Å²) in [5, 5.41) is 16.8. The zero-order valence-corrected chi connectivity index (χ0v) is 17.7. The summed E-state index contributed by atoms with van der Waals surface area (Å²) in [7, 11) is 0. The SMILES string of the molecule is Cc1ccccc1-c1n[nH]c(=S)n1/N=C/c1c2ccccc2c(Cl)c2ccccc12. The number of hydrogen-bond donors (Lipinski definition) is 1. The van der Waals surface area contributed by atoms with Crippen LogP contribution < -0.4 is 0 Å². The highest BCUT2D eigenvalue weighted by molar-refractivity contribution is 7.71. The van der Waals surface area contributed by atoms with Gasteiger partial charge in [-0.1, -0.05) is 84.4 Å². The normalized spacial score (nSPS) is 11.7. The van der Waals surface area contributed by atoms with E-state index in [0.717, 1.165) is 43.3 Å². The summed E-state index contributed by atoms with van der Waals surface area (Å²) in [6.07, 6.45) is 1.84. The second-order valence-electron chi connectivity index (χ2n) is 7.04. The summed E-state index contributed by atoms with van der Waals surface area (Å²) in [4.78, 5) is 0. The molecule has 146 valence electrons. The number of rotatable bonds is 3. The van der Waals surface area contributed by atoms with Crippen molar-refractivity contribution in [3.63, 3.8) is 0 Å². The average molecular weight is 429 g/mol. The molecule has 1 aromatic heterocycles. The molecule has 0 fully saturated rings. The third-order valence-electron chi connectivity index (χ3n) is 5.25. The van der Waals surface area contributed by atoms with Crippen LogP contribution in [0.3, 0.4) is 0 Å². The van der Waals surface area contributed by atoms with E-state index >= 15 is 0 Å². The third-order valence-corrected chi connectivity index (χ3v) is 5.92. The standard InChI is InChI=1S/C24H17ClN4S/c1-15-8-2-3-9-16(15)23-27-28-24(30)29(23)26-14-21-17-10-4-6-12-19(17)22(25)20-13-7-5-11-18(20)21/h2-14H,1H3,(H,28,30)/b26-14+. The van der Waals surface area contributed by atoms with Crippen LogP contribution in [-0.4, -0.2) is 21.1 Å². The summed E-state index contributed by atoms with van der Waals surface area (Å²) in [5.41, 5.74) is 3.07. The van der Waals surface area contributed by atoms with E-state index in [-0.39, 0.29) is 0 Å². The van der Waals surface area contributed by atoms with E-state index in [9.17, 15) is 0 Å². The Morgan fingerprint density at radius 2 is 1.47 bits per heavy atom. The number of aryl methyl sites for hydroxylation is 1. The number of halogens is 1. The Balaban J connectivity index is 1.75. The fourth-order valence-electron chi connectivity index (χ4n) is 3.76. The molecule has 0 unspecified atom stereocenters. The molecule has 5 rings (SSSR count). The maximum Gasteiger partial charge on any atom is 0.216 e. The fourth-order valence-corrected chi connectivity index (χ4v) is 4.27. The highest BCUT2D eigenvalue weighted by Crippen LogP contribution is 2.35. The lowest BCUT2D eigenvalue weighted by atomic mass is 9.97. The first kappa shape index (κ1) is 18.7. The van der Waals surface area contributed by atoms with Gasteiger partial charge in [0, 0.05) is 21.9 Å². The van der Waals surface area contributed by atoms with Crippen molar-refractivity contribution < 1.29 is 0 Å². The first-order valence-corrected chi connectivity index (χ1v) is 10.3. The van der Waals surface area contributed by atoms with Gasteiger partial charge in [-0.2, -0.15) is 14.9 Å². The van der Waals surface area contributed by atoms with Crippen molar-refractivity contribution in [1.29, 1.82) is 0 Å². The van der Waals surface area contributed by atoms with Crippen LogP contribution in [0.5, 0.6) is 0 Å². The molecule has 1 N–H and O–H groups in total. The van der Waals surface area contributed by atoms with E-state index in [1.165, 1.54) is 0 Å². The second kappa shape index (κ2) is 7.52. The molecule has 0 aliphatic rings. The lowest BCUT2D eigenvalue weighted by Crippen LogP contribution is -1.97. The summed E-state index contributed by atoms with van der Waals surface area (Å²) < 4.78 is 2.10. The van der Waals surface area contributed by atoms with Crippen LogP contribution in [0.15, 0.2) is 77.9 Å². The quantitative estimate of drug-likeness (QED) is 0.196. The van der Waals surface area contributed by atoms with Crippen LogP contribution in [-0.2, 0) is 0 Å². The summed E-state index contributed by atoms with van der Waals surface area (Å²) in [5.74, 6) is 0.678. The Morgan fingerprint density at radius 3 is 2.10 bits per heavy atom. The van der Waals surface area contributed by atoms with E-state index in [1.54, 1.807) is 4.68 Å². The second-order valence-corrected chi connectivity index (χ2v) is 7.81. The third kappa shape index (κ3) is 3.03. The molecule has 0 spiro atoms. The van der Waals surface area contributed by atoms with Crippen LogP contribution >= 0.6 is 23.8 Å². The maximum absolute atomic E-state index is 6.71. The van der Waals surface area contributed by atoms with E-state index in [4.69, 9.17) is 28.9 Å². The van der Waals surface area contributed by atoms with Crippen LogP contribution in [0, 0.1) is 11.7 Å². The van der Waals surface area contributed by atoms with Gasteiger partial charge in [-0.15, -0.1) is 0 Å². The molecule has 0 saturated carbocycles. The number of benzene rings is 4. The predicted octanol–water partition coefficient (Wildman–Crippen LogP) is 6.76. The number of aromatic amines is 1. The molecule has 0 bridgehead atoms. The average Bonchev–Trinajstić information content (AvgIpc) is 3.14. The number of fused-ring (bicyclic) bond motifs is 2. The van der Waals surface area contributed by atoms with Gasteiger partial charge in [0.15, 0.2) is 5.82 Å². The first-order chi connectivity index (χ1) is 14.6. The highest BCUT2D eigenvalue weighted by Gasteiger charge is 2.13. The molecule has 0 aliphatic heterocycles. The summed E-state index contributed by atoms with van der Waals surface area (Å²) in [6.45, 7) is 2.04. The van der Waals surface area contributed by atoms with Gasteiger partial charge in [0.05, 0.1) is 11.2 Å². The summed E-state index contributed by atoms with van der Waals surface area (Å²) in [6, 6.07) is 24.2. The Labute approximate surface area is 183 Å². The molecule has 0 aliphatic carbocycles. The van der Waals surface area contributed by atoms with Crippen molar-refractivity contribution in [2.24, 2.45) is 5.10 Å². The topological polar surface area (TPSA) is 46.0 Å². The van der Waals surface area contributed by atoms with Crippen molar-refractivity contribution in [3.05, 3.63) is 93.7 Å². The smallest absolute Gasteiger partial charge is 0.216 e. The molecule has 4 nitrogen and oxygen atoms in total. The van der Waals surface area contributed by atoms with Gasteiger partial charge < -0.3 is 0 Å². The lowest BCUT2D eigenvalue weighted by Gasteiger charge is -2.11. The van der Waals surface area contributed by atoms with Gasteiger partial charge in [-0.25, -0.2) is 5.10 Å². The van der Waals surface area contributed by atoms with Crippen molar-refractivity contribution in [3.8, 4) is 11.4 Å². The van der Waals surface area contributed by atoms with Gasteiger partial charge in [-0.05, 0) is 35.5 Å². The number of H-pyrrole nitrogens is 1. The first-order valence-electron chi connectivity index (χ1n) is 9.52. The fraction of sp³-hybridized carbons (Fsp3) is 0.0417. The minimum absolute atomic E-state index is 0.437. The van der Waals surface area contributed by atoms with Crippen LogP contribution in [0.25, 0.3) is 32.9 Å². The zero-order valence-electron chi connectivity index (χ0n) is 16.1. The Bertz CT molecular complexity index is 1440. The largest absolute Gasteiger partial charge is 0.250 e. The molecule has 5 aromatic rings. The van der Waals surface area contributed by atoms with E-state index in [1.807, 2.05) is 73.8 Å². The predicted molar refractivity (Wildman–Crippen MR) is 127 cm³/mol. The highest BCUT2D eigenvalue weighted by atomic mass is 35.5. The minimum atomic E-state index is 0.437. The Morgan fingerprint density at radius 1 is 0.900 bits per heavy atom. The molecular weight excluding hydrogens is 412 g/mol. The molecule has 6 heteroatoms. The van der Waals surface area contributed by atoms with Crippen molar-refractivity contribution in [2.75, 3.05) is 0 Å². The molecule has 30 heavy (non-hydrogen) atoms. The van der Waals surface area contributed by atoms with Crippen molar-refractivity contribution in [1.82, 2.24) is 14.9 Å². The Kier molecular flexibility index (Phi) is 4.69. The summed E-state index contributed by atoms with van der Waals surface area (Å²) >= 11 is 12.2. The zero-order chi connectivity index (χ0) is 20.7. The maximum atomic E-state index is 6.71. The van der Waals surface area contributed by atoms with Gasteiger partial charge in [0.1, 0.15) is 0 Å². The molecule has 0 radical (unpaired) electrons. The number of hydrogen-bond acceptors (Lipinski definition) is 3. The van der Waals surface area contributed by atoms with Crippen LogP contribution in [0.4, 0.5) is 0 Å². The molecule has 0 amide bonds. The van der Waals surface area contributed by atoms with Crippen molar-refractivity contribution in [2.45, 2.75) is 6.92 Å². The number of nitrogens with zero attached hydrogens (tertiary/aromatic N) is 3. The number of aromatic nitrogens is 3. The van der Waals surface area contributed by atoms with Gasteiger partial charge in [-0.3, -0.25) is 0 Å². The van der Waals surface area contributed by atoms with Gasteiger partial charge in [0.25, 0.3) is 0 Å². The minimum Gasteiger partial charge on any atom is -0.250 e. The van der Waals surface area contributed by atoms with E-state index in [2.05, 4.69) is 22.3 Å². The number of nitrogens with one attached hydrogen (secondary N) is 1.